The third-order valence-corrected chi connectivity index (χ3v) is 4.06. The van der Waals surface area contributed by atoms with Crippen molar-refractivity contribution in [3.05, 3.63) is 29.8 Å². The summed E-state index contributed by atoms with van der Waals surface area (Å²) in [6, 6.07) is 8.63. The number of carbonyl (C=O) groups excluding carboxylic acids is 2. The summed E-state index contributed by atoms with van der Waals surface area (Å²) in [5.41, 5.74) is 1.19. The summed E-state index contributed by atoms with van der Waals surface area (Å²) < 4.78 is 0. The number of nitrogens with zero attached hydrogens (tertiary/aromatic N) is 2. The normalized spacial score (nSPS) is 15.1. The standard InChI is InChI=1S/C17H22N4O2/c1-2-15(21-11-3-4-16(21)22)9-10-19-17(23)20-14-7-5-13(12-18)6-8-14/h5-8,15H,2-4,9-11H2,1H3,(H2,19,20,23). The highest BCUT2D eigenvalue weighted by atomic mass is 16.2. The number of anilines is 1. The van der Waals surface area contributed by atoms with Gasteiger partial charge in [0.25, 0.3) is 0 Å². The number of carbonyl (C=O) groups is 2. The Balaban J connectivity index is 1.75. The van der Waals surface area contributed by atoms with Gasteiger partial charge in [-0.1, -0.05) is 6.92 Å². The summed E-state index contributed by atoms with van der Waals surface area (Å²) in [6.45, 7) is 3.41. The van der Waals surface area contributed by atoms with Crippen molar-refractivity contribution in [1.29, 1.82) is 5.26 Å². The van der Waals surface area contributed by atoms with Gasteiger partial charge in [0.2, 0.25) is 5.91 Å². The van der Waals surface area contributed by atoms with Crippen LogP contribution >= 0.6 is 0 Å². The van der Waals surface area contributed by atoms with Gasteiger partial charge in [0.1, 0.15) is 0 Å². The summed E-state index contributed by atoms with van der Waals surface area (Å²) in [6.07, 6.45) is 3.22. The number of likely N-dealkylation sites (tertiary alicyclic amines) is 1. The molecule has 1 aromatic carbocycles. The molecule has 3 amide bonds. The Morgan fingerprint density at radius 3 is 2.70 bits per heavy atom. The van der Waals surface area contributed by atoms with E-state index >= 15 is 0 Å². The van der Waals surface area contributed by atoms with Crippen molar-refractivity contribution in [2.24, 2.45) is 0 Å². The highest BCUT2D eigenvalue weighted by Crippen LogP contribution is 2.17. The number of hydrogen-bond acceptors (Lipinski definition) is 3. The van der Waals surface area contributed by atoms with Crippen molar-refractivity contribution in [3.8, 4) is 6.07 Å². The topological polar surface area (TPSA) is 85.2 Å². The average Bonchev–Trinajstić information content (AvgIpc) is 2.98. The van der Waals surface area contributed by atoms with Gasteiger partial charge >= 0.3 is 6.03 Å². The number of hydrogen-bond donors (Lipinski definition) is 2. The van der Waals surface area contributed by atoms with Gasteiger partial charge in [0, 0.05) is 31.2 Å². The molecule has 1 saturated heterocycles. The van der Waals surface area contributed by atoms with E-state index in [1.165, 1.54) is 0 Å². The number of urea groups is 1. The first kappa shape index (κ1) is 16.8. The third kappa shape index (κ3) is 4.71. The van der Waals surface area contributed by atoms with Crippen LogP contribution in [0.4, 0.5) is 10.5 Å². The second-order valence-corrected chi connectivity index (χ2v) is 5.61. The van der Waals surface area contributed by atoms with E-state index in [1.54, 1.807) is 24.3 Å². The first-order valence-corrected chi connectivity index (χ1v) is 7.98. The Hall–Kier alpha value is -2.55. The Kier molecular flexibility index (Phi) is 5.98. The number of nitrogens with one attached hydrogen (secondary N) is 2. The maximum Gasteiger partial charge on any atom is 0.319 e. The lowest BCUT2D eigenvalue weighted by molar-refractivity contribution is -0.129. The predicted molar refractivity (Wildman–Crippen MR) is 87.8 cm³/mol. The van der Waals surface area contributed by atoms with Crippen LogP contribution in [0.1, 0.15) is 38.2 Å². The van der Waals surface area contributed by atoms with Gasteiger partial charge in [0.05, 0.1) is 11.6 Å². The van der Waals surface area contributed by atoms with Crippen molar-refractivity contribution < 1.29 is 9.59 Å². The van der Waals surface area contributed by atoms with Gasteiger partial charge in [-0.3, -0.25) is 4.79 Å². The summed E-state index contributed by atoms with van der Waals surface area (Å²) in [4.78, 5) is 25.6. The van der Waals surface area contributed by atoms with Crippen LogP contribution in [-0.2, 0) is 4.79 Å². The first-order chi connectivity index (χ1) is 11.1. The van der Waals surface area contributed by atoms with Gasteiger partial charge in [-0.2, -0.15) is 5.26 Å². The molecule has 6 nitrogen and oxygen atoms in total. The fraction of sp³-hybridized carbons (Fsp3) is 0.471. The lowest BCUT2D eigenvalue weighted by Gasteiger charge is -2.26. The van der Waals surface area contributed by atoms with Gasteiger partial charge in [0.15, 0.2) is 0 Å². The van der Waals surface area contributed by atoms with Crippen LogP contribution in [0.25, 0.3) is 0 Å². The molecule has 0 radical (unpaired) electrons. The molecule has 2 N–H and O–H groups in total. The molecule has 0 aliphatic carbocycles. The largest absolute Gasteiger partial charge is 0.340 e. The van der Waals surface area contributed by atoms with E-state index in [9.17, 15) is 9.59 Å². The Labute approximate surface area is 136 Å². The number of nitriles is 1. The molecule has 1 aromatic rings. The van der Waals surface area contributed by atoms with E-state index in [1.807, 2.05) is 11.0 Å². The molecule has 1 atom stereocenters. The molecule has 0 spiro atoms. The summed E-state index contributed by atoms with van der Waals surface area (Å²) >= 11 is 0. The lowest BCUT2D eigenvalue weighted by Crippen LogP contribution is -2.39. The molecule has 1 fully saturated rings. The second-order valence-electron chi connectivity index (χ2n) is 5.61. The maximum absolute atomic E-state index is 11.9. The second kappa shape index (κ2) is 8.18. The van der Waals surface area contributed by atoms with E-state index in [0.717, 1.165) is 25.8 Å². The predicted octanol–water partition coefficient (Wildman–Crippen LogP) is 2.47. The van der Waals surface area contributed by atoms with E-state index in [4.69, 9.17) is 5.26 Å². The number of rotatable bonds is 6. The maximum atomic E-state index is 11.9. The van der Waals surface area contributed by atoms with Crippen LogP contribution in [0.15, 0.2) is 24.3 Å². The van der Waals surface area contributed by atoms with Crippen LogP contribution in [0, 0.1) is 11.3 Å². The van der Waals surface area contributed by atoms with Crippen LogP contribution in [0.5, 0.6) is 0 Å². The van der Waals surface area contributed by atoms with Crippen molar-refractivity contribution >= 4 is 17.6 Å². The number of benzene rings is 1. The smallest absolute Gasteiger partial charge is 0.319 e. The SMILES string of the molecule is CCC(CCNC(=O)Nc1ccc(C#N)cc1)N1CCCC1=O. The summed E-state index contributed by atoms with van der Waals surface area (Å²) in [5.74, 6) is 0.221. The first-order valence-electron chi connectivity index (χ1n) is 7.98. The van der Waals surface area contributed by atoms with Gasteiger partial charge in [-0.15, -0.1) is 0 Å². The van der Waals surface area contributed by atoms with Crippen LogP contribution < -0.4 is 10.6 Å². The van der Waals surface area contributed by atoms with E-state index in [-0.39, 0.29) is 18.0 Å². The zero-order chi connectivity index (χ0) is 16.7. The zero-order valence-corrected chi connectivity index (χ0v) is 13.3. The molecule has 1 heterocycles. The molecule has 2 rings (SSSR count). The van der Waals surface area contributed by atoms with Crippen LogP contribution in [0.3, 0.4) is 0 Å². The van der Waals surface area contributed by atoms with Crippen molar-refractivity contribution in [2.75, 3.05) is 18.4 Å². The van der Waals surface area contributed by atoms with Gasteiger partial charge < -0.3 is 15.5 Å². The quantitative estimate of drug-likeness (QED) is 0.846. The minimum absolute atomic E-state index is 0.195. The van der Waals surface area contributed by atoms with E-state index in [2.05, 4.69) is 17.6 Å². The molecule has 0 bridgehead atoms. The van der Waals surface area contributed by atoms with E-state index < -0.39 is 0 Å². The molecule has 122 valence electrons. The molecule has 1 unspecified atom stereocenters. The third-order valence-electron chi connectivity index (χ3n) is 4.06. The molecule has 1 aliphatic heterocycles. The zero-order valence-electron chi connectivity index (χ0n) is 13.3. The van der Waals surface area contributed by atoms with Crippen LogP contribution in [0.2, 0.25) is 0 Å². The van der Waals surface area contributed by atoms with Crippen molar-refractivity contribution in [3.63, 3.8) is 0 Å². The molecule has 0 aromatic heterocycles. The van der Waals surface area contributed by atoms with Crippen molar-refractivity contribution in [2.45, 2.75) is 38.6 Å². The molecule has 6 heteroatoms. The Bertz CT molecular complexity index is 592. The van der Waals surface area contributed by atoms with E-state index in [0.29, 0.717) is 24.2 Å². The highest BCUT2D eigenvalue weighted by molar-refractivity contribution is 5.89. The summed E-state index contributed by atoms with van der Waals surface area (Å²) in [5, 5.41) is 14.3. The minimum Gasteiger partial charge on any atom is -0.340 e. The summed E-state index contributed by atoms with van der Waals surface area (Å²) in [7, 11) is 0. The van der Waals surface area contributed by atoms with Crippen LogP contribution in [-0.4, -0.2) is 36.0 Å². The van der Waals surface area contributed by atoms with Gasteiger partial charge in [-0.05, 0) is 43.5 Å². The molecular weight excluding hydrogens is 292 g/mol. The number of amides is 3. The molecule has 0 saturated carbocycles. The lowest BCUT2D eigenvalue weighted by atomic mass is 10.1. The fourth-order valence-corrected chi connectivity index (χ4v) is 2.79. The molecule has 1 aliphatic rings. The minimum atomic E-state index is -0.280. The van der Waals surface area contributed by atoms with Crippen molar-refractivity contribution in [1.82, 2.24) is 10.2 Å². The average molecular weight is 314 g/mol. The Morgan fingerprint density at radius 2 is 2.13 bits per heavy atom. The monoisotopic (exact) mass is 314 g/mol. The van der Waals surface area contributed by atoms with Gasteiger partial charge in [-0.25, -0.2) is 4.79 Å². The fourth-order valence-electron chi connectivity index (χ4n) is 2.79. The molecule has 23 heavy (non-hydrogen) atoms. The molecular formula is C17H22N4O2. The highest BCUT2D eigenvalue weighted by Gasteiger charge is 2.26. The Morgan fingerprint density at radius 1 is 1.39 bits per heavy atom.